The molecule has 1 aromatic rings. The van der Waals surface area contributed by atoms with Crippen molar-refractivity contribution in [3.8, 4) is 0 Å². The number of fused-ring (bicyclic) bond motifs is 1. The van der Waals surface area contributed by atoms with E-state index in [-0.39, 0.29) is 12.3 Å². The van der Waals surface area contributed by atoms with Crippen LogP contribution >= 0.6 is 15.9 Å². The van der Waals surface area contributed by atoms with Gasteiger partial charge < -0.3 is 5.11 Å². The third-order valence-electron chi connectivity index (χ3n) is 2.68. The summed E-state index contributed by atoms with van der Waals surface area (Å²) in [5, 5.41) is 8.71. The van der Waals surface area contributed by atoms with E-state index in [1.807, 2.05) is 12.1 Å². The van der Waals surface area contributed by atoms with E-state index in [9.17, 15) is 4.79 Å². The van der Waals surface area contributed by atoms with Crippen LogP contribution < -0.4 is 0 Å². The summed E-state index contributed by atoms with van der Waals surface area (Å²) < 4.78 is 1.11. The van der Waals surface area contributed by atoms with Gasteiger partial charge in [0.25, 0.3) is 0 Å². The van der Waals surface area contributed by atoms with Crippen LogP contribution in [0.25, 0.3) is 0 Å². The minimum Gasteiger partial charge on any atom is -0.481 e. The molecule has 14 heavy (non-hydrogen) atoms. The summed E-state index contributed by atoms with van der Waals surface area (Å²) in [6.07, 6.45) is 2.07. The van der Waals surface area contributed by atoms with Crippen molar-refractivity contribution in [3.05, 3.63) is 33.8 Å². The quantitative estimate of drug-likeness (QED) is 0.882. The molecule has 0 saturated heterocycles. The standard InChI is InChI=1S/C11H11BrO2/c12-10-3-1-2-8-4-7(5-9(8)10)6-11(13)14/h1-3,7H,4-6H2,(H,13,14). The highest BCUT2D eigenvalue weighted by molar-refractivity contribution is 9.10. The van der Waals surface area contributed by atoms with Crippen LogP contribution in [0.3, 0.4) is 0 Å². The van der Waals surface area contributed by atoms with Crippen molar-refractivity contribution in [1.82, 2.24) is 0 Å². The average Bonchev–Trinajstić information content (AvgIpc) is 2.47. The zero-order valence-electron chi connectivity index (χ0n) is 7.66. The predicted octanol–water partition coefficient (Wildman–Crippen LogP) is 2.64. The van der Waals surface area contributed by atoms with Gasteiger partial charge in [0.15, 0.2) is 0 Å². The lowest BCUT2D eigenvalue weighted by Gasteiger charge is -2.03. The zero-order chi connectivity index (χ0) is 10.1. The Kier molecular flexibility index (Phi) is 2.59. The molecule has 2 rings (SSSR count). The molecule has 0 fully saturated rings. The molecule has 0 bridgehead atoms. The van der Waals surface area contributed by atoms with Crippen molar-refractivity contribution in [2.75, 3.05) is 0 Å². The monoisotopic (exact) mass is 254 g/mol. The minimum absolute atomic E-state index is 0.279. The van der Waals surface area contributed by atoms with Crippen molar-refractivity contribution < 1.29 is 9.90 Å². The van der Waals surface area contributed by atoms with E-state index < -0.39 is 5.97 Å². The Morgan fingerprint density at radius 1 is 1.50 bits per heavy atom. The Morgan fingerprint density at radius 3 is 2.93 bits per heavy atom. The van der Waals surface area contributed by atoms with Gasteiger partial charge in [-0.05, 0) is 36.0 Å². The van der Waals surface area contributed by atoms with Crippen LogP contribution in [0.4, 0.5) is 0 Å². The maximum atomic E-state index is 10.6. The number of hydrogen-bond acceptors (Lipinski definition) is 1. The molecule has 3 heteroatoms. The molecule has 0 radical (unpaired) electrons. The lowest BCUT2D eigenvalue weighted by atomic mass is 10.0. The first-order chi connectivity index (χ1) is 6.66. The number of carboxylic acid groups (broad SMARTS) is 1. The molecule has 0 aliphatic heterocycles. The normalized spacial score (nSPS) is 19.4. The molecule has 1 N–H and O–H groups in total. The van der Waals surface area contributed by atoms with Crippen LogP contribution in [0.5, 0.6) is 0 Å². The summed E-state index contributed by atoms with van der Waals surface area (Å²) in [7, 11) is 0. The van der Waals surface area contributed by atoms with Gasteiger partial charge in [-0.15, -0.1) is 0 Å². The third kappa shape index (κ3) is 1.82. The highest BCUT2D eigenvalue weighted by Gasteiger charge is 2.24. The molecule has 0 heterocycles. The van der Waals surface area contributed by atoms with Crippen LogP contribution in [0.1, 0.15) is 17.5 Å². The Balaban J connectivity index is 2.18. The maximum Gasteiger partial charge on any atom is 0.303 e. The zero-order valence-corrected chi connectivity index (χ0v) is 9.25. The second-order valence-electron chi connectivity index (χ2n) is 3.75. The molecule has 1 unspecified atom stereocenters. The molecular formula is C11H11BrO2. The fourth-order valence-corrected chi connectivity index (χ4v) is 2.66. The molecular weight excluding hydrogens is 244 g/mol. The lowest BCUT2D eigenvalue weighted by Crippen LogP contribution is -2.07. The van der Waals surface area contributed by atoms with Crippen LogP contribution in [0, 0.1) is 5.92 Å². The first-order valence-corrected chi connectivity index (χ1v) is 5.44. The van der Waals surface area contributed by atoms with Gasteiger partial charge in [0.1, 0.15) is 0 Å². The van der Waals surface area contributed by atoms with Crippen LogP contribution in [-0.2, 0) is 17.6 Å². The molecule has 1 aromatic carbocycles. The fourth-order valence-electron chi connectivity index (χ4n) is 2.09. The predicted molar refractivity (Wildman–Crippen MR) is 57.3 cm³/mol. The van der Waals surface area contributed by atoms with Crippen LogP contribution in [0.15, 0.2) is 22.7 Å². The molecule has 0 amide bonds. The van der Waals surface area contributed by atoms with Gasteiger partial charge >= 0.3 is 5.97 Å². The van der Waals surface area contributed by atoms with Crippen LogP contribution in [-0.4, -0.2) is 11.1 Å². The molecule has 1 atom stereocenters. The smallest absolute Gasteiger partial charge is 0.303 e. The summed E-state index contributed by atoms with van der Waals surface area (Å²) in [6, 6.07) is 6.11. The SMILES string of the molecule is O=C(O)CC1Cc2cccc(Br)c2C1. The fraction of sp³-hybridized carbons (Fsp3) is 0.364. The molecule has 1 aliphatic rings. The number of carboxylic acids is 1. The van der Waals surface area contributed by atoms with Crippen molar-refractivity contribution in [3.63, 3.8) is 0 Å². The Morgan fingerprint density at radius 2 is 2.29 bits per heavy atom. The number of carbonyl (C=O) groups is 1. The summed E-state index contributed by atoms with van der Waals surface area (Å²) in [5.41, 5.74) is 2.59. The number of hydrogen-bond donors (Lipinski definition) is 1. The molecule has 0 spiro atoms. The van der Waals surface area contributed by atoms with Crippen molar-refractivity contribution in [2.45, 2.75) is 19.3 Å². The first-order valence-electron chi connectivity index (χ1n) is 4.65. The average molecular weight is 255 g/mol. The largest absolute Gasteiger partial charge is 0.481 e. The van der Waals surface area contributed by atoms with Crippen molar-refractivity contribution in [2.24, 2.45) is 5.92 Å². The molecule has 2 nitrogen and oxygen atoms in total. The van der Waals surface area contributed by atoms with Gasteiger partial charge in [0, 0.05) is 10.9 Å². The summed E-state index contributed by atoms with van der Waals surface area (Å²) in [6.45, 7) is 0. The van der Waals surface area contributed by atoms with Gasteiger partial charge in [0.2, 0.25) is 0 Å². The number of halogens is 1. The molecule has 74 valence electrons. The Labute approximate surface area is 91.1 Å². The lowest BCUT2D eigenvalue weighted by molar-refractivity contribution is -0.138. The Hall–Kier alpha value is -0.830. The topological polar surface area (TPSA) is 37.3 Å². The van der Waals surface area contributed by atoms with E-state index >= 15 is 0 Å². The van der Waals surface area contributed by atoms with E-state index in [2.05, 4.69) is 22.0 Å². The highest BCUT2D eigenvalue weighted by atomic mass is 79.9. The van der Waals surface area contributed by atoms with Crippen molar-refractivity contribution in [1.29, 1.82) is 0 Å². The second-order valence-corrected chi connectivity index (χ2v) is 4.60. The number of benzene rings is 1. The highest BCUT2D eigenvalue weighted by Crippen LogP contribution is 2.33. The minimum atomic E-state index is -0.695. The van der Waals surface area contributed by atoms with Gasteiger partial charge in [-0.25, -0.2) is 0 Å². The Bertz CT molecular complexity index is 374. The van der Waals surface area contributed by atoms with Gasteiger partial charge in [-0.1, -0.05) is 28.1 Å². The van der Waals surface area contributed by atoms with E-state index in [4.69, 9.17) is 5.11 Å². The number of aliphatic carboxylic acids is 1. The molecule has 0 saturated carbocycles. The summed E-state index contributed by atoms with van der Waals surface area (Å²) >= 11 is 3.49. The third-order valence-corrected chi connectivity index (χ3v) is 3.42. The molecule has 1 aliphatic carbocycles. The summed E-state index contributed by atoms with van der Waals surface area (Å²) in [4.78, 5) is 10.6. The van der Waals surface area contributed by atoms with E-state index in [1.54, 1.807) is 0 Å². The van der Waals surface area contributed by atoms with E-state index in [0.717, 1.165) is 17.3 Å². The van der Waals surface area contributed by atoms with E-state index in [1.165, 1.54) is 11.1 Å². The van der Waals surface area contributed by atoms with Gasteiger partial charge in [-0.2, -0.15) is 0 Å². The van der Waals surface area contributed by atoms with Gasteiger partial charge in [0.05, 0.1) is 0 Å². The summed E-state index contributed by atoms with van der Waals surface area (Å²) in [5.74, 6) is -0.417. The van der Waals surface area contributed by atoms with Gasteiger partial charge in [-0.3, -0.25) is 4.79 Å². The van der Waals surface area contributed by atoms with Crippen molar-refractivity contribution >= 4 is 21.9 Å². The second kappa shape index (κ2) is 3.73. The maximum absolute atomic E-state index is 10.6. The number of rotatable bonds is 2. The molecule has 0 aromatic heterocycles. The first kappa shape index (κ1) is 9.71. The van der Waals surface area contributed by atoms with Crippen LogP contribution in [0.2, 0.25) is 0 Å². The van der Waals surface area contributed by atoms with E-state index in [0.29, 0.717) is 0 Å².